The number of hydrogen-bond acceptors (Lipinski definition) is 6. The van der Waals surface area contributed by atoms with Gasteiger partial charge in [-0.15, -0.1) is 0 Å². The van der Waals surface area contributed by atoms with Crippen LogP contribution >= 0.6 is 0 Å². The highest BCUT2D eigenvalue weighted by Crippen LogP contribution is 2.38. The van der Waals surface area contributed by atoms with Crippen molar-refractivity contribution in [3.8, 4) is 17.2 Å². The Morgan fingerprint density at radius 1 is 1.03 bits per heavy atom. The molecule has 8 nitrogen and oxygen atoms in total. The Balaban J connectivity index is 1.96. The summed E-state index contributed by atoms with van der Waals surface area (Å²) < 4.78 is 16.0. The van der Waals surface area contributed by atoms with Crippen LogP contribution in [0.5, 0.6) is 17.2 Å². The molecule has 0 saturated carbocycles. The molecule has 2 atom stereocenters. The van der Waals surface area contributed by atoms with Crippen LogP contribution in [0, 0.1) is 0 Å². The third kappa shape index (κ3) is 6.37. The van der Waals surface area contributed by atoms with E-state index in [0.29, 0.717) is 43.4 Å². The van der Waals surface area contributed by atoms with E-state index in [0.717, 1.165) is 12.0 Å². The second-order valence-electron chi connectivity index (χ2n) is 7.65. The average molecular weight is 434 g/mol. The lowest BCUT2D eigenvalue weighted by atomic mass is 10.1. The van der Waals surface area contributed by atoms with Crippen molar-refractivity contribution in [2.75, 3.05) is 47.5 Å². The number of piperazine rings is 1. The van der Waals surface area contributed by atoms with Gasteiger partial charge in [-0.1, -0.05) is 6.92 Å². The first kappa shape index (κ1) is 24.5. The number of nitrogens with zero attached hydrogens (tertiary/aromatic N) is 2. The lowest BCUT2D eigenvalue weighted by Crippen LogP contribution is -2.55. The lowest BCUT2D eigenvalue weighted by molar-refractivity contribution is -0.130. The number of hydrogen-bond donors (Lipinski definition) is 1. The van der Waals surface area contributed by atoms with Crippen LogP contribution in [0.2, 0.25) is 0 Å². The van der Waals surface area contributed by atoms with Crippen LogP contribution in [0.4, 0.5) is 0 Å². The van der Waals surface area contributed by atoms with Gasteiger partial charge < -0.3 is 24.4 Å². The first-order chi connectivity index (χ1) is 14.8. The van der Waals surface area contributed by atoms with Crippen LogP contribution in [0.1, 0.15) is 32.8 Å². The van der Waals surface area contributed by atoms with E-state index in [4.69, 9.17) is 14.2 Å². The summed E-state index contributed by atoms with van der Waals surface area (Å²) in [6.45, 7) is 8.46. The molecular formula is C23H35N3O5. The summed E-state index contributed by atoms with van der Waals surface area (Å²) in [5, 5.41) is 3.02. The Hall–Kier alpha value is -2.74. The zero-order chi connectivity index (χ0) is 23.0. The second-order valence-corrected chi connectivity index (χ2v) is 7.65. The Labute approximate surface area is 185 Å². The molecule has 172 valence electrons. The van der Waals surface area contributed by atoms with Gasteiger partial charge in [-0.25, -0.2) is 0 Å². The van der Waals surface area contributed by atoms with Crippen LogP contribution in [-0.4, -0.2) is 81.2 Å². The molecule has 0 radical (unpaired) electrons. The number of carbonyl (C=O) groups excluding carboxylic acids is 2. The van der Waals surface area contributed by atoms with Gasteiger partial charge in [0.1, 0.15) is 0 Å². The summed E-state index contributed by atoms with van der Waals surface area (Å²) in [5.74, 6) is 1.55. The van der Waals surface area contributed by atoms with E-state index in [-0.39, 0.29) is 23.9 Å². The van der Waals surface area contributed by atoms with E-state index in [1.165, 1.54) is 0 Å². The summed E-state index contributed by atoms with van der Waals surface area (Å²) in [4.78, 5) is 28.9. The van der Waals surface area contributed by atoms with E-state index < -0.39 is 0 Å². The minimum atomic E-state index is -0.207. The zero-order valence-electron chi connectivity index (χ0n) is 19.4. The highest BCUT2D eigenvalue weighted by atomic mass is 16.5. The predicted molar refractivity (Wildman–Crippen MR) is 121 cm³/mol. The molecule has 1 aliphatic heterocycles. The molecule has 31 heavy (non-hydrogen) atoms. The van der Waals surface area contributed by atoms with Crippen molar-refractivity contribution in [2.45, 2.75) is 39.3 Å². The Kier molecular flexibility index (Phi) is 9.18. The molecule has 1 saturated heterocycles. The van der Waals surface area contributed by atoms with Crippen molar-refractivity contribution in [2.24, 2.45) is 0 Å². The van der Waals surface area contributed by atoms with E-state index in [9.17, 15) is 9.59 Å². The van der Waals surface area contributed by atoms with E-state index in [1.807, 2.05) is 20.8 Å². The molecule has 1 aliphatic rings. The molecule has 1 aromatic carbocycles. The number of amides is 2. The fourth-order valence-electron chi connectivity index (χ4n) is 3.43. The average Bonchev–Trinajstić information content (AvgIpc) is 2.80. The second kappa shape index (κ2) is 11.6. The third-order valence-electron chi connectivity index (χ3n) is 5.66. The number of ether oxygens (including phenoxy) is 3. The monoisotopic (exact) mass is 433 g/mol. The summed E-state index contributed by atoms with van der Waals surface area (Å²) in [7, 11) is 4.66. The first-order valence-electron chi connectivity index (χ1n) is 10.7. The molecule has 0 aromatic heterocycles. The lowest BCUT2D eigenvalue weighted by Gasteiger charge is -2.37. The fourth-order valence-corrected chi connectivity index (χ4v) is 3.43. The maximum atomic E-state index is 12.7. The third-order valence-corrected chi connectivity index (χ3v) is 5.66. The SMILES string of the molecule is CCC(C)NC(=O)C(C)N1CCN(C(=O)/C=C/c2cc(OC)c(OC)c(OC)c2)CC1. The van der Waals surface area contributed by atoms with Gasteiger partial charge in [-0.3, -0.25) is 14.5 Å². The van der Waals surface area contributed by atoms with Gasteiger partial charge in [-0.05, 0) is 44.0 Å². The number of carbonyl (C=O) groups is 2. The van der Waals surface area contributed by atoms with Gasteiger partial charge in [-0.2, -0.15) is 0 Å². The normalized spacial score (nSPS) is 16.6. The first-order valence-corrected chi connectivity index (χ1v) is 10.7. The topological polar surface area (TPSA) is 80.3 Å². The van der Waals surface area contributed by atoms with Crippen LogP contribution in [0.15, 0.2) is 18.2 Å². The molecule has 0 aliphatic carbocycles. The number of benzene rings is 1. The van der Waals surface area contributed by atoms with Gasteiger partial charge in [0.2, 0.25) is 17.6 Å². The van der Waals surface area contributed by atoms with Gasteiger partial charge in [0.05, 0.1) is 27.4 Å². The quantitative estimate of drug-likeness (QED) is 0.602. The van der Waals surface area contributed by atoms with Gasteiger partial charge in [0.15, 0.2) is 11.5 Å². The van der Waals surface area contributed by atoms with E-state index >= 15 is 0 Å². The van der Waals surface area contributed by atoms with Gasteiger partial charge in [0.25, 0.3) is 0 Å². The molecule has 2 amide bonds. The molecule has 1 aromatic rings. The minimum absolute atomic E-state index is 0.0384. The number of methoxy groups -OCH3 is 3. The van der Waals surface area contributed by atoms with Crippen LogP contribution in [-0.2, 0) is 9.59 Å². The van der Waals surface area contributed by atoms with Crippen molar-refractivity contribution in [1.29, 1.82) is 0 Å². The maximum absolute atomic E-state index is 12.7. The summed E-state index contributed by atoms with van der Waals surface area (Å²) in [5.41, 5.74) is 0.775. The summed E-state index contributed by atoms with van der Waals surface area (Å²) in [6, 6.07) is 3.54. The summed E-state index contributed by atoms with van der Waals surface area (Å²) >= 11 is 0. The molecule has 0 bridgehead atoms. The van der Waals surface area contributed by atoms with Crippen molar-refractivity contribution >= 4 is 17.9 Å². The van der Waals surface area contributed by atoms with Crippen molar-refractivity contribution in [3.63, 3.8) is 0 Å². The van der Waals surface area contributed by atoms with Crippen LogP contribution < -0.4 is 19.5 Å². The largest absolute Gasteiger partial charge is 0.493 e. The maximum Gasteiger partial charge on any atom is 0.246 e. The van der Waals surface area contributed by atoms with E-state index in [2.05, 4.69) is 10.2 Å². The molecule has 1 N–H and O–H groups in total. The standard InChI is InChI=1S/C23H35N3O5/c1-7-16(2)24-23(28)17(3)25-10-12-26(13-11-25)21(27)9-8-18-14-19(29-4)22(31-6)20(15-18)30-5/h8-9,14-17H,7,10-13H2,1-6H3,(H,24,28)/b9-8+. The smallest absolute Gasteiger partial charge is 0.246 e. The van der Waals surface area contributed by atoms with Gasteiger partial charge >= 0.3 is 0 Å². The van der Waals surface area contributed by atoms with Crippen molar-refractivity contribution in [3.05, 3.63) is 23.8 Å². The highest BCUT2D eigenvalue weighted by Gasteiger charge is 2.27. The minimum Gasteiger partial charge on any atom is -0.493 e. The van der Waals surface area contributed by atoms with Crippen LogP contribution in [0.25, 0.3) is 6.08 Å². The number of nitrogens with one attached hydrogen (secondary N) is 1. The molecule has 1 heterocycles. The van der Waals surface area contributed by atoms with Crippen LogP contribution in [0.3, 0.4) is 0 Å². The zero-order valence-corrected chi connectivity index (χ0v) is 19.4. The Bertz CT molecular complexity index is 762. The molecular weight excluding hydrogens is 398 g/mol. The summed E-state index contributed by atoms with van der Waals surface area (Å²) in [6.07, 6.45) is 4.19. The van der Waals surface area contributed by atoms with E-state index in [1.54, 1.807) is 50.5 Å². The molecule has 1 fully saturated rings. The van der Waals surface area contributed by atoms with Crippen molar-refractivity contribution in [1.82, 2.24) is 15.1 Å². The predicted octanol–water partition coefficient (Wildman–Crippen LogP) is 2.17. The molecule has 2 unspecified atom stereocenters. The molecule has 8 heteroatoms. The molecule has 0 spiro atoms. The highest BCUT2D eigenvalue weighted by molar-refractivity contribution is 5.92. The number of rotatable bonds is 9. The fraction of sp³-hybridized carbons (Fsp3) is 0.565. The van der Waals surface area contributed by atoms with Gasteiger partial charge in [0, 0.05) is 38.3 Å². The van der Waals surface area contributed by atoms with Crippen molar-refractivity contribution < 1.29 is 23.8 Å². The Morgan fingerprint density at radius 2 is 1.61 bits per heavy atom. The molecule has 2 rings (SSSR count). The Morgan fingerprint density at radius 3 is 2.10 bits per heavy atom.